The molecule has 1 heterocycles. The van der Waals surface area contributed by atoms with Gasteiger partial charge in [-0.25, -0.2) is 4.79 Å². The fraction of sp³-hybridized carbons (Fsp3) is 0.667. The summed E-state index contributed by atoms with van der Waals surface area (Å²) < 4.78 is 42.3. The summed E-state index contributed by atoms with van der Waals surface area (Å²) >= 11 is 0. The molecule has 120 valence electrons. The second-order valence-corrected chi connectivity index (χ2v) is 6.02. The number of ether oxygens (including phenoxy) is 3. The molecule has 1 aliphatic rings. The highest BCUT2D eigenvalue weighted by molar-refractivity contribution is 7.86. The zero-order valence-electron chi connectivity index (χ0n) is 11.6. The van der Waals surface area contributed by atoms with Crippen LogP contribution in [-0.2, 0) is 38.1 Å². The van der Waals surface area contributed by atoms with Crippen LogP contribution in [0.3, 0.4) is 0 Å². The molecule has 0 radical (unpaired) electrons. The summed E-state index contributed by atoms with van der Waals surface area (Å²) in [6.45, 7) is 2.78. The molecule has 1 saturated heterocycles. The van der Waals surface area contributed by atoms with Crippen LogP contribution in [0.25, 0.3) is 0 Å². The van der Waals surface area contributed by atoms with E-state index in [9.17, 15) is 18.0 Å². The van der Waals surface area contributed by atoms with Crippen LogP contribution in [0.15, 0.2) is 12.7 Å². The second-order valence-electron chi connectivity index (χ2n) is 4.26. The predicted molar refractivity (Wildman–Crippen MR) is 70.8 cm³/mol. The van der Waals surface area contributed by atoms with E-state index in [1.165, 1.54) is 7.11 Å². The van der Waals surface area contributed by atoms with Crippen molar-refractivity contribution < 1.29 is 36.4 Å². The molecule has 1 fully saturated rings. The van der Waals surface area contributed by atoms with Crippen LogP contribution in [0, 0.1) is 0 Å². The third-order valence-electron chi connectivity index (χ3n) is 2.78. The normalized spacial score (nSPS) is 24.6. The van der Waals surface area contributed by atoms with E-state index < -0.39 is 34.3 Å². The Morgan fingerprint density at radius 1 is 1.38 bits per heavy atom. The zero-order valence-corrected chi connectivity index (χ0v) is 12.5. The topological polar surface area (TPSA) is 105 Å². The van der Waals surface area contributed by atoms with Gasteiger partial charge in [0.2, 0.25) is 0 Å². The monoisotopic (exact) mass is 322 g/mol. The molecule has 0 amide bonds. The van der Waals surface area contributed by atoms with Crippen molar-refractivity contribution in [1.82, 2.24) is 0 Å². The summed E-state index contributed by atoms with van der Waals surface area (Å²) in [6, 6.07) is 0. The first-order chi connectivity index (χ1) is 9.88. The van der Waals surface area contributed by atoms with E-state index in [-0.39, 0.29) is 31.8 Å². The van der Waals surface area contributed by atoms with Crippen LogP contribution in [0.5, 0.6) is 0 Å². The van der Waals surface area contributed by atoms with Crippen molar-refractivity contribution >= 4 is 22.1 Å². The molecule has 0 aliphatic carbocycles. The molecule has 2 unspecified atom stereocenters. The zero-order chi connectivity index (χ0) is 15.9. The van der Waals surface area contributed by atoms with Gasteiger partial charge in [0.1, 0.15) is 13.2 Å². The average Bonchev–Trinajstić information content (AvgIpc) is 2.58. The average molecular weight is 322 g/mol. The molecular formula is C12H18O8S. The number of hydrogen-bond donors (Lipinski definition) is 0. The molecule has 1 rings (SSSR count). The smallest absolute Gasteiger partial charge is 0.330 e. The summed E-state index contributed by atoms with van der Waals surface area (Å²) in [4.78, 5) is 22.4. The highest BCUT2D eigenvalue weighted by Gasteiger charge is 2.32. The molecule has 0 bridgehead atoms. The number of rotatable bonds is 6. The van der Waals surface area contributed by atoms with Gasteiger partial charge in [0.15, 0.2) is 6.10 Å². The second kappa shape index (κ2) is 8.11. The van der Waals surface area contributed by atoms with E-state index in [0.29, 0.717) is 0 Å². The van der Waals surface area contributed by atoms with Gasteiger partial charge >= 0.3 is 11.9 Å². The van der Waals surface area contributed by atoms with E-state index in [1.54, 1.807) is 0 Å². The lowest BCUT2D eigenvalue weighted by atomic mass is 10.1. The quantitative estimate of drug-likeness (QED) is 0.375. The molecule has 0 aromatic heterocycles. The molecule has 21 heavy (non-hydrogen) atoms. The van der Waals surface area contributed by atoms with E-state index in [2.05, 4.69) is 11.3 Å². The third-order valence-corrected chi connectivity index (χ3v) is 4.01. The fourth-order valence-corrected chi connectivity index (χ4v) is 2.66. The summed E-state index contributed by atoms with van der Waals surface area (Å²) in [5.74, 6) is -1.47. The summed E-state index contributed by atoms with van der Waals surface area (Å²) in [6.07, 6.45) is -0.394. The highest BCUT2D eigenvalue weighted by atomic mass is 32.2. The lowest BCUT2D eigenvalue weighted by molar-refractivity contribution is -0.160. The van der Waals surface area contributed by atoms with E-state index in [0.717, 1.165) is 6.08 Å². The Hall–Kier alpha value is -1.45. The van der Waals surface area contributed by atoms with Crippen molar-refractivity contribution in [2.24, 2.45) is 0 Å². The van der Waals surface area contributed by atoms with Gasteiger partial charge in [-0.2, -0.15) is 8.42 Å². The van der Waals surface area contributed by atoms with Gasteiger partial charge in [0.05, 0.1) is 18.3 Å². The number of carbonyl (C=O) groups is 2. The maximum absolute atomic E-state index is 11.6. The standard InChI is InChI=1S/C12H18O8S/c1-3-11(13)18-6-4-12(14)20-10-8-19-21(15,16)7-5-9(10)17-2/h3,9-10H,1,4-8H2,2H3. The minimum absolute atomic E-state index is 0.146. The van der Waals surface area contributed by atoms with Crippen molar-refractivity contribution in [3.05, 3.63) is 12.7 Å². The van der Waals surface area contributed by atoms with Crippen molar-refractivity contribution in [2.75, 3.05) is 26.1 Å². The Kier molecular flexibility index (Phi) is 6.79. The van der Waals surface area contributed by atoms with Gasteiger partial charge in [0.25, 0.3) is 10.1 Å². The molecule has 2 atom stereocenters. The molecule has 0 N–H and O–H groups in total. The first-order valence-corrected chi connectivity index (χ1v) is 7.84. The Bertz CT molecular complexity index is 483. The largest absolute Gasteiger partial charge is 0.462 e. The lowest BCUT2D eigenvalue weighted by Gasteiger charge is -2.22. The van der Waals surface area contributed by atoms with Crippen molar-refractivity contribution in [1.29, 1.82) is 0 Å². The van der Waals surface area contributed by atoms with Crippen LogP contribution < -0.4 is 0 Å². The van der Waals surface area contributed by atoms with Crippen molar-refractivity contribution in [3.63, 3.8) is 0 Å². The first kappa shape index (κ1) is 17.6. The summed E-state index contributed by atoms with van der Waals surface area (Å²) in [5, 5.41) is 0. The number of carbonyl (C=O) groups excluding carboxylic acids is 2. The number of esters is 2. The van der Waals surface area contributed by atoms with Crippen LogP contribution in [0.4, 0.5) is 0 Å². The molecule has 0 spiro atoms. The molecule has 8 nitrogen and oxygen atoms in total. The van der Waals surface area contributed by atoms with Gasteiger partial charge in [-0.1, -0.05) is 6.58 Å². The van der Waals surface area contributed by atoms with Crippen LogP contribution >= 0.6 is 0 Å². The molecule has 0 saturated carbocycles. The van der Waals surface area contributed by atoms with Gasteiger partial charge in [-0.15, -0.1) is 0 Å². The highest BCUT2D eigenvalue weighted by Crippen LogP contribution is 2.17. The third kappa shape index (κ3) is 6.23. The van der Waals surface area contributed by atoms with Gasteiger partial charge < -0.3 is 14.2 Å². The van der Waals surface area contributed by atoms with Crippen LogP contribution in [0.2, 0.25) is 0 Å². The minimum atomic E-state index is -3.61. The van der Waals surface area contributed by atoms with Crippen molar-refractivity contribution in [2.45, 2.75) is 25.0 Å². The number of hydrogen-bond acceptors (Lipinski definition) is 8. The van der Waals surface area contributed by atoms with Gasteiger partial charge in [-0.3, -0.25) is 8.98 Å². The van der Waals surface area contributed by atoms with Gasteiger partial charge in [0, 0.05) is 13.2 Å². The molecule has 0 aromatic rings. The maximum atomic E-state index is 11.6. The predicted octanol–water partition coefficient (Wildman–Crippen LogP) is -0.217. The summed E-state index contributed by atoms with van der Waals surface area (Å²) in [5.41, 5.74) is 0. The Morgan fingerprint density at radius 3 is 2.71 bits per heavy atom. The molecule has 0 aromatic carbocycles. The minimum Gasteiger partial charge on any atom is -0.462 e. The Labute approximate surface area is 123 Å². The van der Waals surface area contributed by atoms with E-state index >= 15 is 0 Å². The molecule has 1 aliphatic heterocycles. The molecule has 9 heteroatoms. The fourth-order valence-electron chi connectivity index (χ4n) is 1.68. The Balaban J connectivity index is 2.48. The first-order valence-electron chi connectivity index (χ1n) is 6.26. The van der Waals surface area contributed by atoms with Crippen LogP contribution in [0.1, 0.15) is 12.8 Å². The SMILES string of the molecule is C=CC(=O)OCCC(=O)OC1COS(=O)(=O)CCC1OC. The lowest BCUT2D eigenvalue weighted by Crippen LogP contribution is -2.35. The van der Waals surface area contributed by atoms with E-state index in [4.69, 9.17) is 13.7 Å². The van der Waals surface area contributed by atoms with Crippen molar-refractivity contribution in [3.8, 4) is 0 Å². The van der Waals surface area contributed by atoms with Gasteiger partial charge in [-0.05, 0) is 6.42 Å². The number of methoxy groups -OCH3 is 1. The van der Waals surface area contributed by atoms with Crippen LogP contribution in [-0.4, -0.2) is 58.6 Å². The molecular weight excluding hydrogens is 304 g/mol. The maximum Gasteiger partial charge on any atom is 0.330 e. The van der Waals surface area contributed by atoms with E-state index in [1.807, 2.05) is 0 Å². The Morgan fingerprint density at radius 2 is 2.10 bits per heavy atom. The summed E-state index contributed by atoms with van der Waals surface area (Å²) in [7, 11) is -2.22.